The van der Waals surface area contributed by atoms with Crippen LogP contribution in [-0.4, -0.2) is 15.8 Å². The SMILES string of the molecule is CCc1nn(CC)c(CC2(C)CCC(N)C2)c1Cl. The van der Waals surface area contributed by atoms with E-state index in [2.05, 4.69) is 30.6 Å². The first-order chi connectivity index (χ1) is 8.49. The Labute approximate surface area is 115 Å². The predicted octanol–water partition coefficient (Wildman–Crippen LogP) is 3.18. The van der Waals surface area contributed by atoms with Gasteiger partial charge in [0, 0.05) is 12.6 Å². The first-order valence-corrected chi connectivity index (χ1v) is 7.36. The maximum Gasteiger partial charge on any atom is 0.0850 e. The molecule has 0 spiro atoms. The van der Waals surface area contributed by atoms with Crippen molar-refractivity contribution in [2.24, 2.45) is 11.1 Å². The molecule has 1 aliphatic carbocycles. The second kappa shape index (κ2) is 5.22. The van der Waals surface area contributed by atoms with Gasteiger partial charge in [-0.05, 0) is 44.4 Å². The van der Waals surface area contributed by atoms with Crippen molar-refractivity contribution < 1.29 is 0 Å². The lowest BCUT2D eigenvalue weighted by atomic mass is 9.83. The minimum atomic E-state index is 0.293. The van der Waals surface area contributed by atoms with Crippen LogP contribution in [0.1, 0.15) is 51.4 Å². The summed E-state index contributed by atoms with van der Waals surface area (Å²) in [6, 6.07) is 0.359. The number of aromatic nitrogens is 2. The van der Waals surface area contributed by atoms with Gasteiger partial charge in [0.05, 0.1) is 16.4 Å². The third kappa shape index (κ3) is 2.57. The van der Waals surface area contributed by atoms with E-state index in [0.717, 1.165) is 42.9 Å². The monoisotopic (exact) mass is 269 g/mol. The number of halogens is 1. The fraction of sp³-hybridized carbons (Fsp3) is 0.786. The molecule has 0 aliphatic heterocycles. The lowest BCUT2D eigenvalue weighted by Gasteiger charge is -2.24. The molecule has 1 heterocycles. The summed E-state index contributed by atoms with van der Waals surface area (Å²) < 4.78 is 2.07. The van der Waals surface area contributed by atoms with Crippen molar-refractivity contribution >= 4 is 11.6 Å². The number of nitrogens with zero attached hydrogens (tertiary/aromatic N) is 2. The summed E-state index contributed by atoms with van der Waals surface area (Å²) in [6.45, 7) is 7.44. The van der Waals surface area contributed by atoms with Crippen LogP contribution in [0.3, 0.4) is 0 Å². The summed E-state index contributed by atoms with van der Waals surface area (Å²) in [5, 5.41) is 5.47. The second-order valence-electron chi connectivity index (χ2n) is 5.87. The van der Waals surface area contributed by atoms with Crippen molar-refractivity contribution in [3.63, 3.8) is 0 Å². The predicted molar refractivity (Wildman–Crippen MR) is 75.9 cm³/mol. The van der Waals surface area contributed by atoms with Gasteiger partial charge < -0.3 is 5.73 Å². The van der Waals surface area contributed by atoms with E-state index >= 15 is 0 Å². The molecule has 2 N–H and O–H groups in total. The van der Waals surface area contributed by atoms with Crippen molar-refractivity contribution in [2.75, 3.05) is 0 Å². The van der Waals surface area contributed by atoms with Crippen LogP contribution in [0.4, 0.5) is 0 Å². The van der Waals surface area contributed by atoms with E-state index in [1.165, 1.54) is 12.1 Å². The molecule has 1 fully saturated rings. The molecule has 4 heteroatoms. The summed E-state index contributed by atoms with van der Waals surface area (Å²) in [6.07, 6.45) is 5.32. The maximum absolute atomic E-state index is 6.47. The van der Waals surface area contributed by atoms with E-state index in [-0.39, 0.29) is 0 Å². The molecule has 0 bridgehead atoms. The molecule has 2 unspecified atom stereocenters. The molecule has 1 aliphatic rings. The molecule has 102 valence electrons. The van der Waals surface area contributed by atoms with Gasteiger partial charge in [-0.1, -0.05) is 25.4 Å². The summed E-state index contributed by atoms with van der Waals surface area (Å²) in [7, 11) is 0. The molecule has 0 amide bonds. The zero-order valence-electron chi connectivity index (χ0n) is 11.7. The molecular weight excluding hydrogens is 246 g/mol. The molecule has 18 heavy (non-hydrogen) atoms. The fourth-order valence-corrected chi connectivity index (χ4v) is 3.46. The molecule has 3 nitrogen and oxygen atoms in total. The molecule has 0 aromatic carbocycles. The first-order valence-electron chi connectivity index (χ1n) is 6.98. The first kappa shape index (κ1) is 13.9. The van der Waals surface area contributed by atoms with E-state index in [4.69, 9.17) is 17.3 Å². The van der Waals surface area contributed by atoms with Gasteiger partial charge in [-0.15, -0.1) is 0 Å². The third-order valence-corrected chi connectivity index (χ3v) is 4.60. The Balaban J connectivity index is 2.25. The van der Waals surface area contributed by atoms with Crippen molar-refractivity contribution in [3.05, 3.63) is 16.4 Å². The molecular formula is C14H24ClN3. The highest BCUT2D eigenvalue weighted by atomic mass is 35.5. The van der Waals surface area contributed by atoms with E-state index in [0.29, 0.717) is 11.5 Å². The molecule has 2 rings (SSSR count). The van der Waals surface area contributed by atoms with Gasteiger partial charge >= 0.3 is 0 Å². The Morgan fingerprint density at radius 1 is 1.50 bits per heavy atom. The zero-order valence-corrected chi connectivity index (χ0v) is 12.4. The van der Waals surface area contributed by atoms with Crippen LogP contribution in [0, 0.1) is 5.41 Å². The van der Waals surface area contributed by atoms with Gasteiger partial charge in [0.1, 0.15) is 0 Å². The summed E-state index contributed by atoms with van der Waals surface area (Å²) in [4.78, 5) is 0. The number of hydrogen-bond acceptors (Lipinski definition) is 2. The van der Waals surface area contributed by atoms with Crippen LogP contribution >= 0.6 is 11.6 Å². The fourth-order valence-electron chi connectivity index (χ4n) is 3.12. The molecule has 2 atom stereocenters. The topological polar surface area (TPSA) is 43.8 Å². The van der Waals surface area contributed by atoms with E-state index < -0.39 is 0 Å². The number of rotatable bonds is 4. The largest absolute Gasteiger partial charge is 0.328 e. The third-order valence-electron chi connectivity index (χ3n) is 4.16. The summed E-state index contributed by atoms with van der Waals surface area (Å²) in [5.74, 6) is 0. The average molecular weight is 270 g/mol. The second-order valence-corrected chi connectivity index (χ2v) is 6.24. The quantitative estimate of drug-likeness (QED) is 0.912. The highest BCUT2D eigenvalue weighted by Crippen LogP contribution is 2.41. The molecule has 1 aromatic heterocycles. The van der Waals surface area contributed by atoms with Crippen LogP contribution in [0.15, 0.2) is 0 Å². The number of nitrogens with two attached hydrogens (primary N) is 1. The van der Waals surface area contributed by atoms with Crippen LogP contribution in [0.2, 0.25) is 5.02 Å². The normalized spacial score (nSPS) is 27.9. The Morgan fingerprint density at radius 2 is 2.22 bits per heavy atom. The van der Waals surface area contributed by atoms with Crippen molar-refractivity contribution in [3.8, 4) is 0 Å². The zero-order chi connectivity index (χ0) is 13.3. The summed E-state index contributed by atoms with van der Waals surface area (Å²) in [5.41, 5.74) is 8.57. The van der Waals surface area contributed by atoms with Gasteiger partial charge in [-0.2, -0.15) is 5.10 Å². The van der Waals surface area contributed by atoms with Gasteiger partial charge in [-0.3, -0.25) is 4.68 Å². The number of hydrogen-bond donors (Lipinski definition) is 1. The van der Waals surface area contributed by atoms with Crippen LogP contribution in [-0.2, 0) is 19.4 Å². The van der Waals surface area contributed by atoms with Crippen LogP contribution < -0.4 is 5.73 Å². The van der Waals surface area contributed by atoms with Gasteiger partial charge in [0.2, 0.25) is 0 Å². The minimum absolute atomic E-state index is 0.293. The lowest BCUT2D eigenvalue weighted by molar-refractivity contribution is 0.319. The van der Waals surface area contributed by atoms with Gasteiger partial charge in [0.25, 0.3) is 0 Å². The van der Waals surface area contributed by atoms with Crippen LogP contribution in [0.5, 0.6) is 0 Å². The van der Waals surface area contributed by atoms with E-state index in [9.17, 15) is 0 Å². The highest BCUT2D eigenvalue weighted by molar-refractivity contribution is 6.31. The Kier molecular flexibility index (Phi) is 4.02. The number of aryl methyl sites for hydroxylation is 2. The van der Waals surface area contributed by atoms with Crippen molar-refractivity contribution in [1.82, 2.24) is 9.78 Å². The molecule has 0 radical (unpaired) electrons. The average Bonchev–Trinajstić information content (AvgIpc) is 2.82. The molecule has 0 saturated heterocycles. The standard InChI is InChI=1S/C14H24ClN3/c1-4-11-13(15)12(18(5-2)17-11)9-14(3)7-6-10(16)8-14/h10H,4-9,16H2,1-3H3. The highest BCUT2D eigenvalue weighted by Gasteiger charge is 2.35. The van der Waals surface area contributed by atoms with Crippen molar-refractivity contribution in [2.45, 2.75) is 65.5 Å². The van der Waals surface area contributed by atoms with E-state index in [1.807, 2.05) is 0 Å². The van der Waals surface area contributed by atoms with Crippen LogP contribution in [0.25, 0.3) is 0 Å². The smallest absolute Gasteiger partial charge is 0.0850 e. The Morgan fingerprint density at radius 3 is 2.72 bits per heavy atom. The van der Waals surface area contributed by atoms with Crippen molar-refractivity contribution in [1.29, 1.82) is 0 Å². The lowest BCUT2D eigenvalue weighted by Crippen LogP contribution is -2.22. The molecule has 1 aromatic rings. The van der Waals surface area contributed by atoms with E-state index in [1.54, 1.807) is 0 Å². The Hall–Kier alpha value is -0.540. The molecule has 1 saturated carbocycles. The maximum atomic E-state index is 6.47. The minimum Gasteiger partial charge on any atom is -0.328 e. The van der Waals surface area contributed by atoms with Gasteiger partial charge in [0.15, 0.2) is 0 Å². The Bertz CT molecular complexity index is 427. The summed E-state index contributed by atoms with van der Waals surface area (Å²) >= 11 is 6.47. The van der Waals surface area contributed by atoms with Gasteiger partial charge in [-0.25, -0.2) is 0 Å².